The Morgan fingerprint density at radius 1 is 0.318 bits per heavy atom. The average molecular weight is 913 g/mol. The summed E-state index contributed by atoms with van der Waals surface area (Å²) in [6.45, 7) is 6.33. The molecule has 6 nitrogen and oxygen atoms in total. The molecule has 0 saturated carbocycles. The van der Waals surface area contributed by atoms with Gasteiger partial charge in [0.15, 0.2) is 6.10 Å². The molecule has 6 heteroatoms. The zero-order chi connectivity index (χ0) is 47.9. The van der Waals surface area contributed by atoms with Gasteiger partial charge >= 0.3 is 17.9 Å². The molecule has 0 spiro atoms. The van der Waals surface area contributed by atoms with Crippen LogP contribution in [-0.2, 0) is 28.6 Å². The van der Waals surface area contributed by atoms with Gasteiger partial charge in [0.1, 0.15) is 13.2 Å². The maximum atomic E-state index is 12.8. The highest BCUT2D eigenvalue weighted by Gasteiger charge is 2.19. The minimum Gasteiger partial charge on any atom is -0.462 e. The molecule has 0 bridgehead atoms. The fourth-order valence-electron chi connectivity index (χ4n) is 6.89. The molecule has 0 heterocycles. The SMILES string of the molecule is CC\C=C/C=C\C=C/C=C\CCCCCC(=O)OCC(COC(=O)CCCCCCC\C=C/C=C\C=C/C=C\C=C/CCC)OC(=O)CCCCCCCCC/C=C\CCCCCCCC. The van der Waals surface area contributed by atoms with Crippen LogP contribution in [0.15, 0.2) is 122 Å². The van der Waals surface area contributed by atoms with Gasteiger partial charge in [-0.2, -0.15) is 0 Å². The van der Waals surface area contributed by atoms with E-state index < -0.39 is 6.10 Å². The summed E-state index contributed by atoms with van der Waals surface area (Å²) >= 11 is 0. The van der Waals surface area contributed by atoms with Crippen LogP contribution in [-0.4, -0.2) is 37.2 Å². The summed E-state index contributed by atoms with van der Waals surface area (Å²) in [5.41, 5.74) is 0. The van der Waals surface area contributed by atoms with E-state index in [1.807, 2.05) is 66.8 Å². The van der Waals surface area contributed by atoms with Gasteiger partial charge in [-0.25, -0.2) is 0 Å². The van der Waals surface area contributed by atoms with Crippen molar-refractivity contribution in [2.45, 2.75) is 226 Å². The molecular weight excluding hydrogens is 817 g/mol. The first-order valence-electron chi connectivity index (χ1n) is 26.7. The Morgan fingerprint density at radius 2 is 0.636 bits per heavy atom. The normalized spacial score (nSPS) is 13.1. The quantitative estimate of drug-likeness (QED) is 0.0199. The first-order valence-corrected chi connectivity index (χ1v) is 26.7. The van der Waals surface area contributed by atoms with Crippen LogP contribution < -0.4 is 0 Å². The Hall–Kier alpha value is -4.19. The molecule has 0 aliphatic rings. The third kappa shape index (κ3) is 50.8. The first kappa shape index (κ1) is 61.8. The molecule has 0 aliphatic heterocycles. The van der Waals surface area contributed by atoms with Crippen LogP contribution in [0.1, 0.15) is 220 Å². The van der Waals surface area contributed by atoms with E-state index in [-0.39, 0.29) is 31.1 Å². The highest BCUT2D eigenvalue weighted by molar-refractivity contribution is 5.71. The lowest BCUT2D eigenvalue weighted by Gasteiger charge is -2.18. The molecule has 0 aromatic rings. The zero-order valence-corrected chi connectivity index (χ0v) is 42.4. The Bertz CT molecular complexity index is 1420. The van der Waals surface area contributed by atoms with Crippen LogP contribution in [0.4, 0.5) is 0 Å². The third-order valence-electron chi connectivity index (χ3n) is 10.9. The van der Waals surface area contributed by atoms with Gasteiger partial charge in [0.2, 0.25) is 0 Å². The largest absolute Gasteiger partial charge is 0.462 e. The molecule has 0 saturated heterocycles. The molecule has 0 radical (unpaired) electrons. The maximum absolute atomic E-state index is 12.8. The van der Waals surface area contributed by atoms with Gasteiger partial charge in [-0.3, -0.25) is 14.4 Å². The molecule has 0 rings (SSSR count). The molecule has 0 fully saturated rings. The van der Waals surface area contributed by atoms with Crippen molar-refractivity contribution in [2.24, 2.45) is 0 Å². The van der Waals surface area contributed by atoms with Crippen molar-refractivity contribution in [3.8, 4) is 0 Å². The molecule has 372 valence electrons. The first-order chi connectivity index (χ1) is 32.5. The second-order valence-corrected chi connectivity index (χ2v) is 17.3. The topological polar surface area (TPSA) is 78.9 Å². The number of ether oxygens (including phenoxy) is 3. The molecule has 1 unspecified atom stereocenters. The number of hydrogen-bond acceptors (Lipinski definition) is 6. The van der Waals surface area contributed by atoms with Gasteiger partial charge < -0.3 is 14.2 Å². The van der Waals surface area contributed by atoms with Gasteiger partial charge in [-0.15, -0.1) is 0 Å². The van der Waals surface area contributed by atoms with Crippen molar-refractivity contribution >= 4 is 17.9 Å². The minimum absolute atomic E-state index is 0.109. The highest BCUT2D eigenvalue weighted by atomic mass is 16.6. The van der Waals surface area contributed by atoms with Gasteiger partial charge in [-0.1, -0.05) is 239 Å². The number of rotatable bonds is 46. The van der Waals surface area contributed by atoms with E-state index in [4.69, 9.17) is 14.2 Å². The summed E-state index contributed by atoms with van der Waals surface area (Å²) in [4.78, 5) is 38.0. The Labute approximate surface area is 405 Å². The summed E-state index contributed by atoms with van der Waals surface area (Å²) in [5.74, 6) is -0.981. The summed E-state index contributed by atoms with van der Waals surface area (Å²) in [6.07, 6.45) is 73.2. The molecule has 66 heavy (non-hydrogen) atoms. The number of carbonyl (C=O) groups is 3. The lowest BCUT2D eigenvalue weighted by Crippen LogP contribution is -2.30. The van der Waals surface area contributed by atoms with Gasteiger partial charge in [0, 0.05) is 19.3 Å². The predicted molar refractivity (Wildman–Crippen MR) is 283 cm³/mol. The summed E-state index contributed by atoms with van der Waals surface area (Å²) in [7, 11) is 0. The Morgan fingerprint density at radius 3 is 1.05 bits per heavy atom. The van der Waals surface area contributed by atoms with E-state index in [1.54, 1.807) is 0 Å². The molecule has 0 N–H and O–H groups in total. The van der Waals surface area contributed by atoms with Crippen LogP contribution >= 0.6 is 0 Å². The lowest BCUT2D eigenvalue weighted by atomic mass is 10.1. The van der Waals surface area contributed by atoms with Crippen LogP contribution in [0.5, 0.6) is 0 Å². The summed E-state index contributed by atoms with van der Waals surface area (Å²) in [6, 6.07) is 0. The fourth-order valence-corrected chi connectivity index (χ4v) is 6.89. The number of allylic oxidation sites excluding steroid dienone is 20. The van der Waals surface area contributed by atoms with E-state index in [0.717, 1.165) is 96.3 Å². The molecular formula is C60H96O6. The summed E-state index contributed by atoms with van der Waals surface area (Å²) in [5, 5.41) is 0. The van der Waals surface area contributed by atoms with Crippen molar-refractivity contribution in [3.63, 3.8) is 0 Å². The van der Waals surface area contributed by atoms with E-state index in [1.165, 1.54) is 83.5 Å². The van der Waals surface area contributed by atoms with Crippen molar-refractivity contribution in [2.75, 3.05) is 13.2 Å². The standard InChI is InChI=1S/C60H96O6/c1-4-7-10-13-16-19-22-25-27-29-31-32-35-38-41-44-47-50-53-59(62)65-56-57(55-64-58(61)52-49-46-43-40-37-34-24-21-18-15-12-9-6-3)66-60(63)54-51-48-45-42-39-36-33-30-28-26-23-20-17-14-11-8-5-2/h9-10,12-13,15-16,18-19,21-22,24-29,31-32,34,37,57H,4-8,11,14,17,20,23,30,33,35-36,38-56H2,1-3H3/b12-9-,13-10-,18-15-,19-16-,24-21-,25-22-,28-26-,29-27-,32-31-,37-34-. The lowest BCUT2D eigenvalue weighted by molar-refractivity contribution is -0.167. The fraction of sp³-hybridized carbons (Fsp3) is 0.617. The number of hydrogen-bond donors (Lipinski definition) is 0. The van der Waals surface area contributed by atoms with Crippen LogP contribution in [0, 0.1) is 0 Å². The summed E-state index contributed by atoms with van der Waals surface area (Å²) < 4.78 is 16.8. The average Bonchev–Trinajstić information content (AvgIpc) is 3.31. The second kappa shape index (κ2) is 53.4. The van der Waals surface area contributed by atoms with Crippen molar-refractivity contribution in [1.82, 2.24) is 0 Å². The van der Waals surface area contributed by atoms with E-state index >= 15 is 0 Å². The van der Waals surface area contributed by atoms with Crippen LogP contribution in [0.2, 0.25) is 0 Å². The molecule has 0 aromatic heterocycles. The second-order valence-electron chi connectivity index (χ2n) is 17.3. The molecule has 1 atom stereocenters. The van der Waals surface area contributed by atoms with Gasteiger partial charge in [0.05, 0.1) is 0 Å². The highest BCUT2D eigenvalue weighted by Crippen LogP contribution is 2.14. The van der Waals surface area contributed by atoms with Crippen molar-refractivity contribution < 1.29 is 28.6 Å². The zero-order valence-electron chi connectivity index (χ0n) is 42.4. The van der Waals surface area contributed by atoms with Crippen molar-refractivity contribution in [3.05, 3.63) is 122 Å². The molecule has 0 amide bonds. The van der Waals surface area contributed by atoms with Crippen molar-refractivity contribution in [1.29, 1.82) is 0 Å². The van der Waals surface area contributed by atoms with Crippen LogP contribution in [0.25, 0.3) is 0 Å². The molecule has 0 aromatic carbocycles. The number of carbonyl (C=O) groups excluding carboxylic acids is 3. The van der Waals surface area contributed by atoms with Gasteiger partial charge in [0.25, 0.3) is 0 Å². The Kier molecular flexibility index (Phi) is 50.0. The smallest absolute Gasteiger partial charge is 0.306 e. The predicted octanol–water partition coefficient (Wildman–Crippen LogP) is 17.7. The van der Waals surface area contributed by atoms with Crippen LogP contribution in [0.3, 0.4) is 0 Å². The van der Waals surface area contributed by atoms with Gasteiger partial charge in [-0.05, 0) is 83.5 Å². The number of esters is 3. The monoisotopic (exact) mass is 913 g/mol. The van der Waals surface area contributed by atoms with E-state index in [0.29, 0.717) is 19.3 Å². The van der Waals surface area contributed by atoms with E-state index in [9.17, 15) is 14.4 Å². The molecule has 0 aliphatic carbocycles. The number of unbranched alkanes of at least 4 members (excludes halogenated alkanes) is 22. The van der Waals surface area contributed by atoms with E-state index in [2.05, 4.69) is 75.5 Å². The maximum Gasteiger partial charge on any atom is 0.306 e. The third-order valence-corrected chi connectivity index (χ3v) is 10.9. The Balaban J connectivity index is 4.51. The minimum atomic E-state index is -0.811.